The van der Waals surface area contributed by atoms with Gasteiger partial charge in [-0.25, -0.2) is 4.39 Å². The number of rotatable bonds is 6. The van der Waals surface area contributed by atoms with Gasteiger partial charge in [-0.15, -0.1) is 0 Å². The number of halogens is 1. The van der Waals surface area contributed by atoms with E-state index in [-0.39, 0.29) is 11.7 Å². The van der Waals surface area contributed by atoms with Gasteiger partial charge >= 0.3 is 0 Å². The van der Waals surface area contributed by atoms with E-state index in [0.717, 1.165) is 43.9 Å². The molecule has 5 rings (SSSR count). The lowest BCUT2D eigenvalue weighted by atomic mass is 10.0. The Balaban J connectivity index is 1.21. The second kappa shape index (κ2) is 9.42. The first kappa shape index (κ1) is 21.2. The summed E-state index contributed by atoms with van der Waals surface area (Å²) in [5.41, 5.74) is 3.43. The first-order chi connectivity index (χ1) is 16.2. The Kier molecular flexibility index (Phi) is 6.04. The zero-order valence-corrected chi connectivity index (χ0v) is 18.2. The van der Waals surface area contributed by atoms with E-state index >= 15 is 0 Å². The number of carbonyl (C=O) groups excluding carboxylic acids is 1. The third-order valence-electron chi connectivity index (χ3n) is 5.93. The number of nitrogens with zero attached hydrogens (tertiary/aromatic N) is 3. The van der Waals surface area contributed by atoms with Gasteiger partial charge in [0.2, 0.25) is 0 Å². The lowest BCUT2D eigenvalue weighted by Crippen LogP contribution is -2.48. The number of carbonyl (C=O) groups is 1. The highest BCUT2D eigenvalue weighted by Gasteiger charge is 2.22. The topological polar surface area (TPSA) is 61.6 Å². The third-order valence-corrected chi connectivity index (χ3v) is 5.93. The van der Waals surface area contributed by atoms with Crippen molar-refractivity contribution in [2.75, 3.05) is 44.2 Å². The highest BCUT2D eigenvalue weighted by molar-refractivity contribution is 5.94. The molecule has 2 heterocycles. The van der Waals surface area contributed by atoms with Crippen molar-refractivity contribution < 1.29 is 13.6 Å². The van der Waals surface area contributed by atoms with E-state index in [9.17, 15) is 9.18 Å². The van der Waals surface area contributed by atoms with Crippen LogP contribution in [0.3, 0.4) is 0 Å². The van der Waals surface area contributed by atoms with E-state index in [1.54, 1.807) is 0 Å². The molecule has 0 atom stereocenters. The Morgan fingerprint density at radius 2 is 1.67 bits per heavy atom. The number of fused-ring (bicyclic) bond motifs is 1. The van der Waals surface area contributed by atoms with Crippen molar-refractivity contribution in [2.24, 2.45) is 0 Å². The quantitative estimate of drug-likeness (QED) is 0.483. The van der Waals surface area contributed by atoms with Gasteiger partial charge in [0.25, 0.3) is 11.9 Å². The molecule has 6 nitrogen and oxygen atoms in total. The largest absolute Gasteiger partial charge is 0.423 e. The van der Waals surface area contributed by atoms with Crippen LogP contribution in [0.1, 0.15) is 10.4 Å². The average Bonchev–Trinajstić information content (AvgIpc) is 3.29. The SMILES string of the molecule is O=C(NCCN1CCN(c2nc3c(-c4ccccc4)cc(F)cc3o2)CC1)c1ccccc1. The zero-order valence-electron chi connectivity index (χ0n) is 18.2. The molecule has 0 unspecified atom stereocenters. The maximum absolute atomic E-state index is 14.2. The van der Waals surface area contributed by atoms with Crippen molar-refractivity contribution >= 4 is 23.0 Å². The Morgan fingerprint density at radius 1 is 0.970 bits per heavy atom. The van der Waals surface area contributed by atoms with Crippen molar-refractivity contribution in [3.63, 3.8) is 0 Å². The van der Waals surface area contributed by atoms with Crippen LogP contribution in [0.15, 0.2) is 77.2 Å². The maximum atomic E-state index is 14.2. The van der Waals surface area contributed by atoms with E-state index in [1.807, 2.05) is 60.7 Å². The molecule has 33 heavy (non-hydrogen) atoms. The number of piperazine rings is 1. The van der Waals surface area contributed by atoms with Gasteiger partial charge in [0.1, 0.15) is 11.3 Å². The Bertz CT molecular complexity index is 1240. The number of anilines is 1. The van der Waals surface area contributed by atoms with Gasteiger partial charge in [-0.2, -0.15) is 4.98 Å². The normalized spacial score (nSPS) is 14.5. The van der Waals surface area contributed by atoms with Crippen molar-refractivity contribution in [3.8, 4) is 11.1 Å². The molecule has 4 aromatic rings. The van der Waals surface area contributed by atoms with Crippen LogP contribution in [0.25, 0.3) is 22.2 Å². The molecule has 1 amide bonds. The number of nitrogens with one attached hydrogen (secondary N) is 1. The molecule has 1 saturated heterocycles. The predicted molar refractivity (Wildman–Crippen MR) is 127 cm³/mol. The molecule has 7 heteroatoms. The van der Waals surface area contributed by atoms with Gasteiger partial charge in [-0.1, -0.05) is 48.5 Å². The van der Waals surface area contributed by atoms with Crippen LogP contribution in [0, 0.1) is 5.82 Å². The van der Waals surface area contributed by atoms with Crippen LogP contribution >= 0.6 is 0 Å². The summed E-state index contributed by atoms with van der Waals surface area (Å²) in [4.78, 5) is 21.3. The summed E-state index contributed by atoms with van der Waals surface area (Å²) < 4.78 is 20.2. The van der Waals surface area contributed by atoms with Crippen LogP contribution in [-0.2, 0) is 0 Å². The fourth-order valence-corrected chi connectivity index (χ4v) is 4.14. The number of amides is 1. The smallest absolute Gasteiger partial charge is 0.298 e. The fourth-order valence-electron chi connectivity index (χ4n) is 4.14. The second-order valence-electron chi connectivity index (χ2n) is 8.11. The molecule has 1 fully saturated rings. The minimum Gasteiger partial charge on any atom is -0.423 e. The zero-order chi connectivity index (χ0) is 22.6. The summed E-state index contributed by atoms with van der Waals surface area (Å²) in [5.74, 6) is -0.395. The number of benzene rings is 3. The molecular weight excluding hydrogens is 419 g/mol. The van der Waals surface area contributed by atoms with E-state index in [1.165, 1.54) is 12.1 Å². The molecule has 0 aliphatic carbocycles. The lowest BCUT2D eigenvalue weighted by Gasteiger charge is -2.33. The Hall–Kier alpha value is -3.71. The van der Waals surface area contributed by atoms with Crippen molar-refractivity contribution in [2.45, 2.75) is 0 Å². The number of hydrogen-bond acceptors (Lipinski definition) is 5. The van der Waals surface area contributed by atoms with Crippen LogP contribution < -0.4 is 10.2 Å². The minimum absolute atomic E-state index is 0.0536. The van der Waals surface area contributed by atoms with E-state index in [4.69, 9.17) is 9.40 Å². The molecule has 0 radical (unpaired) electrons. The Labute approximate surface area is 191 Å². The first-order valence-corrected chi connectivity index (χ1v) is 11.1. The van der Waals surface area contributed by atoms with Crippen LogP contribution in [0.5, 0.6) is 0 Å². The molecule has 0 spiro atoms. The number of oxazole rings is 1. The summed E-state index contributed by atoms with van der Waals surface area (Å²) >= 11 is 0. The minimum atomic E-state index is -0.341. The first-order valence-electron chi connectivity index (χ1n) is 11.1. The molecule has 1 aliphatic rings. The number of aromatic nitrogens is 1. The van der Waals surface area contributed by atoms with Crippen molar-refractivity contribution in [1.82, 2.24) is 15.2 Å². The van der Waals surface area contributed by atoms with Gasteiger partial charge in [-0.05, 0) is 23.8 Å². The molecule has 1 aliphatic heterocycles. The molecule has 3 aromatic carbocycles. The highest BCUT2D eigenvalue weighted by atomic mass is 19.1. The number of hydrogen-bond donors (Lipinski definition) is 1. The molecule has 1 aromatic heterocycles. The summed E-state index contributed by atoms with van der Waals surface area (Å²) in [6.45, 7) is 4.55. The second-order valence-corrected chi connectivity index (χ2v) is 8.11. The van der Waals surface area contributed by atoms with Crippen molar-refractivity contribution in [3.05, 3.63) is 84.2 Å². The van der Waals surface area contributed by atoms with E-state index in [2.05, 4.69) is 15.1 Å². The molecule has 0 bridgehead atoms. The summed E-state index contributed by atoms with van der Waals surface area (Å²) in [6.07, 6.45) is 0. The lowest BCUT2D eigenvalue weighted by molar-refractivity contribution is 0.0947. The van der Waals surface area contributed by atoms with Gasteiger partial charge in [0.15, 0.2) is 5.58 Å². The summed E-state index contributed by atoms with van der Waals surface area (Å²) in [5, 5.41) is 2.97. The van der Waals surface area contributed by atoms with Crippen molar-refractivity contribution in [1.29, 1.82) is 0 Å². The Morgan fingerprint density at radius 3 is 2.39 bits per heavy atom. The standard InChI is InChI=1S/C26H25FN4O2/c27-21-17-22(19-7-3-1-4-8-19)24-23(18-21)33-26(29-24)31-15-13-30(14-16-31)12-11-28-25(32)20-9-5-2-6-10-20/h1-10,17-18H,11-16H2,(H,28,32). The third kappa shape index (κ3) is 4.73. The summed E-state index contributed by atoms with van der Waals surface area (Å²) in [7, 11) is 0. The highest BCUT2D eigenvalue weighted by Crippen LogP contribution is 2.32. The van der Waals surface area contributed by atoms with E-state index < -0.39 is 0 Å². The van der Waals surface area contributed by atoms with Crippen LogP contribution in [0.4, 0.5) is 10.4 Å². The van der Waals surface area contributed by atoms with Gasteiger partial charge in [-0.3, -0.25) is 9.69 Å². The fraction of sp³-hybridized carbons (Fsp3) is 0.231. The van der Waals surface area contributed by atoms with Gasteiger partial charge < -0.3 is 14.6 Å². The van der Waals surface area contributed by atoms with E-state index in [0.29, 0.717) is 29.2 Å². The molecular formula is C26H25FN4O2. The van der Waals surface area contributed by atoms with Crippen LogP contribution in [-0.4, -0.2) is 55.1 Å². The van der Waals surface area contributed by atoms with Gasteiger partial charge in [0.05, 0.1) is 0 Å². The maximum Gasteiger partial charge on any atom is 0.298 e. The summed E-state index contributed by atoms with van der Waals surface area (Å²) in [6, 6.07) is 22.3. The molecule has 0 saturated carbocycles. The van der Waals surface area contributed by atoms with Gasteiger partial charge in [0, 0.05) is 56.5 Å². The molecule has 1 N–H and O–H groups in total. The predicted octanol–water partition coefficient (Wildman–Crippen LogP) is 4.19. The monoisotopic (exact) mass is 444 g/mol. The molecule has 168 valence electrons. The average molecular weight is 445 g/mol. The van der Waals surface area contributed by atoms with Crippen LogP contribution in [0.2, 0.25) is 0 Å².